The van der Waals surface area contributed by atoms with Crippen LogP contribution in [-0.2, 0) is 0 Å². The molecule has 2 radical (unpaired) electrons. The van der Waals surface area contributed by atoms with Crippen LogP contribution in [0.3, 0.4) is 0 Å². The Morgan fingerprint density at radius 2 is 1.50 bits per heavy atom. The van der Waals surface area contributed by atoms with Crippen molar-refractivity contribution in [2.45, 2.75) is 0 Å². The molecular weight excluding hydrogens is 259 g/mol. The predicted molar refractivity (Wildman–Crippen MR) is 90.2 cm³/mol. The summed E-state index contributed by atoms with van der Waals surface area (Å²) < 4.78 is 1.33. The van der Waals surface area contributed by atoms with Gasteiger partial charge in [-0.2, -0.15) is 0 Å². The normalized spacial score (nSPS) is 11.2. The van der Waals surface area contributed by atoms with Crippen molar-refractivity contribution < 1.29 is 0 Å². The highest BCUT2D eigenvalue weighted by Gasteiger charge is 2.04. The summed E-state index contributed by atoms with van der Waals surface area (Å²) in [5, 5.41) is 3.73. The second-order valence-electron chi connectivity index (χ2n) is 4.97. The number of thiophene rings is 1. The van der Waals surface area contributed by atoms with E-state index in [1.54, 1.807) is 0 Å². The minimum Gasteiger partial charge on any atom is -0.135 e. The Hall–Kier alpha value is -2.06. The van der Waals surface area contributed by atoms with Gasteiger partial charge in [0.1, 0.15) is 7.85 Å². The molecule has 0 N–H and O–H groups in total. The lowest BCUT2D eigenvalue weighted by Gasteiger charge is -2.03. The fraction of sp³-hybridized carbons (Fsp3) is 0. The molecule has 0 aliphatic rings. The molecule has 92 valence electrons. The first-order chi connectivity index (χ1) is 9.79. The lowest BCUT2D eigenvalue weighted by molar-refractivity contribution is 1.76. The van der Waals surface area contributed by atoms with Crippen LogP contribution in [0, 0.1) is 0 Å². The highest BCUT2D eigenvalue weighted by atomic mass is 32.1. The van der Waals surface area contributed by atoms with Crippen LogP contribution in [0.5, 0.6) is 0 Å². The van der Waals surface area contributed by atoms with Crippen LogP contribution in [0.1, 0.15) is 0 Å². The van der Waals surface area contributed by atoms with Crippen LogP contribution in [0.4, 0.5) is 0 Å². The molecule has 0 aliphatic heterocycles. The molecule has 3 aromatic carbocycles. The maximum absolute atomic E-state index is 5.83. The fourth-order valence-corrected chi connectivity index (χ4v) is 3.60. The summed E-state index contributed by atoms with van der Waals surface area (Å²) in [7, 11) is 5.83. The van der Waals surface area contributed by atoms with Crippen molar-refractivity contribution >= 4 is 45.5 Å². The fourth-order valence-electron chi connectivity index (χ4n) is 2.54. The molecule has 4 rings (SSSR count). The van der Waals surface area contributed by atoms with Crippen molar-refractivity contribution in [3.63, 3.8) is 0 Å². The predicted octanol–water partition coefficient (Wildman–Crippen LogP) is 4.52. The lowest BCUT2D eigenvalue weighted by Crippen LogP contribution is -1.99. The molecule has 0 nitrogen and oxygen atoms in total. The molecule has 0 atom stereocenters. The van der Waals surface area contributed by atoms with Gasteiger partial charge in [0.2, 0.25) is 0 Å². The summed E-state index contributed by atoms with van der Waals surface area (Å²) in [6.07, 6.45) is 0. The van der Waals surface area contributed by atoms with Gasteiger partial charge >= 0.3 is 0 Å². The Morgan fingerprint density at radius 3 is 2.40 bits per heavy atom. The van der Waals surface area contributed by atoms with E-state index in [1.165, 1.54) is 31.3 Å². The van der Waals surface area contributed by atoms with Gasteiger partial charge in [0.25, 0.3) is 0 Å². The first-order valence-electron chi connectivity index (χ1n) is 6.58. The van der Waals surface area contributed by atoms with Gasteiger partial charge in [-0.15, -0.1) is 11.3 Å². The zero-order valence-corrected chi connectivity index (χ0v) is 11.7. The monoisotopic (exact) mass is 270 g/mol. The van der Waals surface area contributed by atoms with Gasteiger partial charge < -0.3 is 0 Å². The van der Waals surface area contributed by atoms with Crippen molar-refractivity contribution in [1.82, 2.24) is 0 Å². The van der Waals surface area contributed by atoms with Gasteiger partial charge in [-0.1, -0.05) is 54.0 Å². The molecule has 0 aliphatic carbocycles. The van der Waals surface area contributed by atoms with E-state index in [-0.39, 0.29) is 0 Å². The molecule has 0 bridgehead atoms. The van der Waals surface area contributed by atoms with E-state index in [1.807, 2.05) is 23.5 Å². The number of rotatable bonds is 1. The number of hydrogen-bond donors (Lipinski definition) is 0. The Bertz CT molecular complexity index is 888. The van der Waals surface area contributed by atoms with Crippen molar-refractivity contribution in [3.8, 4) is 10.4 Å². The summed E-state index contributed by atoms with van der Waals surface area (Å²) in [5.41, 5.74) is 2.08. The highest BCUT2D eigenvalue weighted by molar-refractivity contribution is 7.22. The molecule has 1 aromatic heterocycles. The number of hydrogen-bond acceptors (Lipinski definition) is 1. The van der Waals surface area contributed by atoms with Gasteiger partial charge in [-0.3, -0.25) is 0 Å². The molecular formula is C18H11BS. The lowest BCUT2D eigenvalue weighted by atomic mass is 9.93. The van der Waals surface area contributed by atoms with Crippen molar-refractivity contribution in [2.75, 3.05) is 0 Å². The molecule has 0 saturated heterocycles. The average molecular weight is 270 g/mol. The number of fused-ring (bicyclic) bond motifs is 2. The third-order valence-electron chi connectivity index (χ3n) is 3.57. The molecule has 4 aromatic rings. The van der Waals surface area contributed by atoms with E-state index in [2.05, 4.69) is 54.6 Å². The summed E-state index contributed by atoms with van der Waals surface area (Å²) in [4.78, 5) is 1.31. The minimum atomic E-state index is 0.812. The van der Waals surface area contributed by atoms with Gasteiger partial charge in [-0.25, -0.2) is 0 Å². The molecule has 0 saturated carbocycles. The van der Waals surface area contributed by atoms with Crippen LogP contribution in [-0.4, -0.2) is 7.85 Å². The van der Waals surface area contributed by atoms with Crippen LogP contribution in [0.15, 0.2) is 66.7 Å². The Labute approximate surface area is 123 Å². The first kappa shape index (κ1) is 11.7. The van der Waals surface area contributed by atoms with E-state index >= 15 is 0 Å². The SMILES string of the molecule is [B]c1ccc2cc(-c3cc4ccccc4s3)ccc2c1. The second kappa shape index (κ2) is 4.50. The molecule has 0 fully saturated rings. The molecule has 1 heterocycles. The third-order valence-corrected chi connectivity index (χ3v) is 4.74. The van der Waals surface area contributed by atoms with Gasteiger partial charge in [-0.05, 0) is 39.9 Å². The van der Waals surface area contributed by atoms with E-state index in [9.17, 15) is 0 Å². The topological polar surface area (TPSA) is 0 Å². The van der Waals surface area contributed by atoms with Gasteiger partial charge in [0, 0.05) is 9.58 Å². The number of benzene rings is 3. The van der Waals surface area contributed by atoms with Crippen molar-refractivity contribution in [3.05, 3.63) is 66.7 Å². The summed E-state index contributed by atoms with van der Waals surface area (Å²) in [5.74, 6) is 0. The summed E-state index contributed by atoms with van der Waals surface area (Å²) in [6, 6.07) is 23.4. The van der Waals surface area contributed by atoms with Gasteiger partial charge in [0.15, 0.2) is 0 Å². The van der Waals surface area contributed by atoms with E-state index in [0.29, 0.717) is 0 Å². The zero-order chi connectivity index (χ0) is 13.5. The molecule has 0 spiro atoms. The third kappa shape index (κ3) is 1.93. The zero-order valence-electron chi connectivity index (χ0n) is 10.8. The Morgan fingerprint density at radius 1 is 0.700 bits per heavy atom. The van der Waals surface area contributed by atoms with E-state index in [0.717, 1.165) is 5.46 Å². The van der Waals surface area contributed by atoms with Gasteiger partial charge in [0.05, 0.1) is 0 Å². The smallest absolute Gasteiger partial charge is 0.113 e. The Balaban J connectivity index is 1.90. The average Bonchev–Trinajstić information content (AvgIpc) is 2.90. The van der Waals surface area contributed by atoms with Crippen LogP contribution in [0.2, 0.25) is 0 Å². The van der Waals surface area contributed by atoms with Crippen molar-refractivity contribution in [1.29, 1.82) is 0 Å². The Kier molecular flexibility index (Phi) is 2.64. The standard InChI is InChI=1S/C18H11BS/c19-16-8-7-12-9-15(6-5-13(12)10-16)18-11-14-3-1-2-4-17(14)20-18/h1-11H. The largest absolute Gasteiger partial charge is 0.135 e. The summed E-state index contributed by atoms with van der Waals surface area (Å²) >= 11 is 1.84. The molecule has 20 heavy (non-hydrogen) atoms. The first-order valence-corrected chi connectivity index (χ1v) is 7.39. The molecule has 0 unspecified atom stereocenters. The maximum atomic E-state index is 5.83. The molecule has 0 amide bonds. The van der Waals surface area contributed by atoms with Crippen LogP contribution < -0.4 is 5.46 Å². The highest BCUT2D eigenvalue weighted by Crippen LogP contribution is 2.34. The van der Waals surface area contributed by atoms with Crippen LogP contribution >= 0.6 is 11.3 Å². The minimum absolute atomic E-state index is 0.812. The van der Waals surface area contributed by atoms with E-state index < -0.39 is 0 Å². The van der Waals surface area contributed by atoms with Crippen molar-refractivity contribution in [2.24, 2.45) is 0 Å². The molecule has 2 heteroatoms. The summed E-state index contributed by atoms with van der Waals surface area (Å²) in [6.45, 7) is 0. The van der Waals surface area contributed by atoms with E-state index in [4.69, 9.17) is 7.85 Å². The quantitative estimate of drug-likeness (QED) is 0.446. The second-order valence-corrected chi connectivity index (χ2v) is 6.05. The van der Waals surface area contributed by atoms with Crippen LogP contribution in [0.25, 0.3) is 31.3 Å². The maximum Gasteiger partial charge on any atom is 0.113 e.